The number of nitrogens with zero attached hydrogens (tertiary/aromatic N) is 3. The molecule has 0 saturated carbocycles. The van der Waals surface area contributed by atoms with Crippen LogP contribution in [0.2, 0.25) is 0 Å². The average molecular weight is 676 g/mol. The molecule has 12 heteroatoms. The highest BCUT2D eigenvalue weighted by Crippen LogP contribution is 2.48. The highest BCUT2D eigenvalue weighted by molar-refractivity contribution is 7.52. The zero-order valence-electron chi connectivity index (χ0n) is 28.6. The van der Waals surface area contributed by atoms with Gasteiger partial charge in [-0.3, -0.25) is 9.32 Å². The summed E-state index contributed by atoms with van der Waals surface area (Å²) in [6.07, 6.45) is 2.04. The normalized spacial score (nSPS) is 15.1. The van der Waals surface area contributed by atoms with Crippen molar-refractivity contribution in [2.45, 2.75) is 85.1 Å². The van der Waals surface area contributed by atoms with Crippen molar-refractivity contribution in [1.82, 2.24) is 19.6 Å². The molecule has 0 aliphatic heterocycles. The van der Waals surface area contributed by atoms with Crippen LogP contribution in [0.3, 0.4) is 0 Å². The lowest BCUT2D eigenvalue weighted by Crippen LogP contribution is -2.40. The number of nitrogen functional groups attached to an aromatic ring is 1. The molecule has 0 radical (unpaired) electrons. The molecule has 5 rings (SSSR count). The molecule has 11 nitrogen and oxygen atoms in total. The van der Waals surface area contributed by atoms with Gasteiger partial charge in [-0.05, 0) is 70.0 Å². The van der Waals surface area contributed by atoms with E-state index in [1.54, 1.807) is 32.9 Å². The Bertz CT molecular complexity index is 1950. The van der Waals surface area contributed by atoms with Crippen LogP contribution in [0.5, 0.6) is 5.75 Å². The van der Waals surface area contributed by atoms with Gasteiger partial charge >= 0.3 is 13.7 Å². The summed E-state index contributed by atoms with van der Waals surface area (Å²) in [5, 5.41) is 5.64. The fraction of sp³-hybridized carbons (Fsp3) is 0.417. The van der Waals surface area contributed by atoms with Crippen LogP contribution in [0.25, 0.3) is 32.7 Å². The maximum absolute atomic E-state index is 14.8. The molecular formula is C36H46N5O6P. The van der Waals surface area contributed by atoms with Crippen molar-refractivity contribution in [2.24, 2.45) is 0 Å². The third-order valence-electron chi connectivity index (χ3n) is 8.18. The van der Waals surface area contributed by atoms with Gasteiger partial charge in [-0.1, -0.05) is 68.3 Å². The molecule has 0 saturated heterocycles. The van der Waals surface area contributed by atoms with Crippen molar-refractivity contribution in [3.63, 3.8) is 0 Å². The van der Waals surface area contributed by atoms with Crippen molar-refractivity contribution in [3.8, 4) is 5.75 Å². The van der Waals surface area contributed by atoms with Crippen molar-refractivity contribution < 1.29 is 27.9 Å². The Labute approximate surface area is 281 Å². The number of carbonyl (C=O) groups is 1. The number of pyridine rings is 1. The monoisotopic (exact) mass is 675 g/mol. The molecule has 256 valence electrons. The minimum atomic E-state index is -4.21. The second kappa shape index (κ2) is 15.0. The van der Waals surface area contributed by atoms with Gasteiger partial charge in [0.05, 0.1) is 29.3 Å². The van der Waals surface area contributed by atoms with Crippen LogP contribution in [0.4, 0.5) is 5.82 Å². The van der Waals surface area contributed by atoms with Crippen LogP contribution in [-0.2, 0) is 35.5 Å². The van der Waals surface area contributed by atoms with Crippen LogP contribution in [0.15, 0.2) is 66.7 Å². The molecule has 3 N–H and O–H groups in total. The molecule has 1 unspecified atom stereocenters. The summed E-state index contributed by atoms with van der Waals surface area (Å²) in [5.41, 5.74) is 7.76. The molecule has 5 aromatic rings. The standard InChI is InChI=1S/C36H46N5O6P/c1-7-9-20-36(6,41-31(22-44-8-2)39-32-33(41)29-16-12-13-17-30(29)38-34(32)37)23-45-48(43,40-25(5)35(42)46-24(3)4)47-28-19-18-26-14-10-11-15-27(26)21-28/h10-19,21,24-25H,7-9,20,22-23H2,1-6H3,(H2,37,38)(H,40,43)/t25-,36?,48-/m0/s1. The van der Waals surface area contributed by atoms with Crippen molar-refractivity contribution in [2.75, 3.05) is 18.9 Å². The third kappa shape index (κ3) is 7.81. The maximum atomic E-state index is 14.8. The van der Waals surface area contributed by atoms with Crippen molar-refractivity contribution in [3.05, 3.63) is 72.6 Å². The van der Waals surface area contributed by atoms with Crippen LogP contribution < -0.4 is 15.3 Å². The van der Waals surface area contributed by atoms with E-state index in [-0.39, 0.29) is 19.3 Å². The van der Waals surface area contributed by atoms with E-state index in [2.05, 4.69) is 21.6 Å². The van der Waals surface area contributed by atoms with Gasteiger partial charge in [-0.15, -0.1) is 0 Å². The first-order chi connectivity index (χ1) is 23.0. The van der Waals surface area contributed by atoms with Gasteiger partial charge in [0.1, 0.15) is 29.7 Å². The fourth-order valence-corrected chi connectivity index (χ4v) is 7.43. The number of ether oxygens (including phenoxy) is 2. The van der Waals surface area contributed by atoms with Crippen molar-refractivity contribution in [1.29, 1.82) is 0 Å². The van der Waals surface area contributed by atoms with Gasteiger partial charge in [0.2, 0.25) is 0 Å². The van der Waals surface area contributed by atoms with Crippen LogP contribution in [-0.4, -0.2) is 45.9 Å². The van der Waals surface area contributed by atoms with Gasteiger partial charge in [-0.25, -0.2) is 14.5 Å². The number of para-hydroxylation sites is 1. The number of anilines is 1. The van der Waals surface area contributed by atoms with E-state index in [4.69, 9.17) is 29.2 Å². The zero-order valence-corrected chi connectivity index (χ0v) is 29.5. The smallest absolute Gasteiger partial charge is 0.459 e. The van der Waals surface area contributed by atoms with Crippen LogP contribution in [0.1, 0.15) is 66.6 Å². The van der Waals surface area contributed by atoms with E-state index in [1.165, 1.54) is 0 Å². The first kappa shape index (κ1) is 35.3. The Kier molecular flexibility index (Phi) is 11.1. The maximum Gasteiger partial charge on any atom is 0.459 e. The molecule has 3 atom stereocenters. The summed E-state index contributed by atoms with van der Waals surface area (Å²) in [4.78, 5) is 22.4. The minimum Gasteiger partial charge on any atom is -0.462 e. The number of nitrogens with two attached hydrogens (primary N) is 1. The molecule has 0 spiro atoms. The molecule has 0 bridgehead atoms. The van der Waals surface area contributed by atoms with Crippen LogP contribution in [0, 0.1) is 0 Å². The van der Waals surface area contributed by atoms with E-state index < -0.39 is 25.3 Å². The lowest BCUT2D eigenvalue weighted by molar-refractivity contribution is -0.149. The predicted molar refractivity (Wildman–Crippen MR) is 190 cm³/mol. The van der Waals surface area contributed by atoms with Gasteiger partial charge in [0, 0.05) is 12.0 Å². The molecule has 0 aliphatic rings. The number of fused-ring (bicyclic) bond motifs is 4. The lowest BCUT2D eigenvalue weighted by atomic mass is 9.94. The predicted octanol–water partition coefficient (Wildman–Crippen LogP) is 7.90. The first-order valence-electron chi connectivity index (χ1n) is 16.5. The lowest BCUT2D eigenvalue weighted by Gasteiger charge is -2.35. The number of carbonyl (C=O) groups excluding carboxylic acids is 1. The van der Waals surface area contributed by atoms with E-state index in [0.29, 0.717) is 35.9 Å². The summed E-state index contributed by atoms with van der Waals surface area (Å²) in [7, 11) is -4.21. The van der Waals surface area contributed by atoms with Crippen LogP contribution >= 0.6 is 7.75 Å². The Balaban J connectivity index is 1.59. The number of unbranched alkanes of at least 4 members (excludes halogenated alkanes) is 1. The largest absolute Gasteiger partial charge is 0.462 e. The van der Waals surface area contributed by atoms with Gasteiger partial charge < -0.3 is 24.3 Å². The van der Waals surface area contributed by atoms with Crippen molar-refractivity contribution >= 4 is 52.2 Å². The Morgan fingerprint density at radius 1 is 1.02 bits per heavy atom. The number of hydrogen-bond donors (Lipinski definition) is 2. The molecule has 3 aromatic carbocycles. The Morgan fingerprint density at radius 3 is 2.48 bits per heavy atom. The number of imidazole rings is 1. The molecular weight excluding hydrogens is 629 g/mol. The average Bonchev–Trinajstić information content (AvgIpc) is 3.46. The zero-order chi connectivity index (χ0) is 34.5. The molecule has 2 aromatic heterocycles. The minimum absolute atomic E-state index is 0.0576. The number of rotatable bonds is 16. The number of nitrogens with one attached hydrogen (secondary N) is 1. The summed E-state index contributed by atoms with van der Waals surface area (Å²) in [5.74, 6) is 0.715. The highest BCUT2D eigenvalue weighted by Gasteiger charge is 2.39. The number of esters is 1. The number of aromatic nitrogens is 3. The molecule has 0 amide bonds. The number of benzene rings is 3. The first-order valence-corrected chi connectivity index (χ1v) is 18.1. The van der Waals surface area contributed by atoms with Gasteiger partial charge in [0.25, 0.3) is 0 Å². The second-order valence-corrected chi connectivity index (χ2v) is 14.2. The highest BCUT2D eigenvalue weighted by atomic mass is 31.2. The number of hydrogen-bond acceptors (Lipinski definition) is 9. The van der Waals surface area contributed by atoms with Gasteiger partial charge in [0.15, 0.2) is 5.82 Å². The Hall–Kier alpha value is -4.02. The summed E-state index contributed by atoms with van der Waals surface area (Å²) in [6.45, 7) is 11.8. The van der Waals surface area contributed by atoms with E-state index in [0.717, 1.165) is 40.0 Å². The SMILES string of the molecule is CCCCC(C)(CO[P@@](=O)(N[C@@H](C)C(=O)OC(C)C)Oc1ccc2ccccc2c1)n1c(COCC)nc2c(N)nc3ccccc3c21. The fourth-order valence-electron chi connectivity index (χ4n) is 5.83. The Morgan fingerprint density at radius 2 is 1.75 bits per heavy atom. The summed E-state index contributed by atoms with van der Waals surface area (Å²) >= 11 is 0. The second-order valence-electron chi connectivity index (χ2n) is 12.5. The van der Waals surface area contributed by atoms with Gasteiger partial charge in [-0.2, -0.15) is 5.09 Å². The molecule has 48 heavy (non-hydrogen) atoms. The quantitative estimate of drug-likeness (QED) is 0.0784. The molecule has 2 heterocycles. The molecule has 0 aliphatic carbocycles. The van der Waals surface area contributed by atoms with E-state index in [9.17, 15) is 9.36 Å². The van der Waals surface area contributed by atoms with E-state index >= 15 is 0 Å². The topological polar surface area (TPSA) is 140 Å². The molecule has 0 fully saturated rings. The summed E-state index contributed by atoms with van der Waals surface area (Å²) in [6, 6.07) is 20.0. The van der Waals surface area contributed by atoms with E-state index in [1.807, 2.05) is 68.4 Å². The third-order valence-corrected chi connectivity index (χ3v) is 9.81. The summed E-state index contributed by atoms with van der Waals surface area (Å²) < 4.78 is 40.7.